The van der Waals surface area contributed by atoms with E-state index in [1.165, 1.54) is 19.3 Å². The van der Waals surface area contributed by atoms with Crippen molar-refractivity contribution in [3.8, 4) is 0 Å². The first-order valence-corrected chi connectivity index (χ1v) is 10.2. The maximum absolute atomic E-state index is 12.8. The molecule has 2 N–H and O–H groups in total. The summed E-state index contributed by atoms with van der Waals surface area (Å²) in [6.07, 6.45) is 8.30. The summed E-state index contributed by atoms with van der Waals surface area (Å²) in [6, 6.07) is 7.21. The van der Waals surface area contributed by atoms with Gasteiger partial charge in [0.05, 0.1) is 10.7 Å². The quantitative estimate of drug-likeness (QED) is 0.725. The minimum atomic E-state index is -0.103. The van der Waals surface area contributed by atoms with Crippen molar-refractivity contribution in [3.05, 3.63) is 29.3 Å². The Kier molecular flexibility index (Phi) is 4.96. The van der Waals surface area contributed by atoms with Gasteiger partial charge in [-0.05, 0) is 74.8 Å². The molecule has 0 spiro atoms. The number of halogens is 1. The van der Waals surface area contributed by atoms with E-state index < -0.39 is 0 Å². The molecular formula is C21H27ClN2O2. The first kappa shape index (κ1) is 17.8. The summed E-state index contributed by atoms with van der Waals surface area (Å²) in [5.41, 5.74) is 0.533. The summed E-state index contributed by atoms with van der Waals surface area (Å²) in [5.74, 6) is 2.49. The van der Waals surface area contributed by atoms with Gasteiger partial charge in [-0.3, -0.25) is 9.59 Å². The van der Waals surface area contributed by atoms with Crippen LogP contribution in [0.25, 0.3) is 0 Å². The highest BCUT2D eigenvalue weighted by Gasteiger charge is 2.54. The number of benzene rings is 1. The Morgan fingerprint density at radius 2 is 1.65 bits per heavy atom. The van der Waals surface area contributed by atoms with Crippen molar-refractivity contribution in [2.75, 3.05) is 11.9 Å². The lowest BCUT2D eigenvalue weighted by Crippen LogP contribution is -2.53. The molecule has 4 saturated carbocycles. The Labute approximate surface area is 160 Å². The normalized spacial score (nSPS) is 31.7. The van der Waals surface area contributed by atoms with E-state index in [-0.39, 0.29) is 17.2 Å². The van der Waals surface area contributed by atoms with Gasteiger partial charge < -0.3 is 10.6 Å². The van der Waals surface area contributed by atoms with Gasteiger partial charge in [-0.15, -0.1) is 0 Å². The molecule has 4 nitrogen and oxygen atoms in total. The lowest BCUT2D eigenvalue weighted by molar-refractivity contribution is -0.146. The molecule has 4 aliphatic rings. The Balaban J connectivity index is 1.22. The van der Waals surface area contributed by atoms with Crippen molar-refractivity contribution >= 4 is 29.1 Å². The molecule has 0 aliphatic heterocycles. The summed E-state index contributed by atoms with van der Waals surface area (Å²) in [6.45, 7) is 0.566. The summed E-state index contributed by atoms with van der Waals surface area (Å²) in [5, 5.41) is 6.49. The fraction of sp³-hybridized carbons (Fsp3) is 0.619. The van der Waals surface area contributed by atoms with Crippen LogP contribution in [0.15, 0.2) is 24.3 Å². The second-order valence-electron chi connectivity index (χ2n) is 8.59. The van der Waals surface area contributed by atoms with Crippen LogP contribution in [0.3, 0.4) is 0 Å². The molecule has 0 unspecified atom stereocenters. The number of amides is 2. The second kappa shape index (κ2) is 7.22. The summed E-state index contributed by atoms with van der Waals surface area (Å²) in [4.78, 5) is 24.9. The third kappa shape index (κ3) is 3.62. The molecule has 26 heavy (non-hydrogen) atoms. The number of rotatable bonds is 6. The summed E-state index contributed by atoms with van der Waals surface area (Å²) < 4.78 is 0. The van der Waals surface area contributed by atoms with E-state index in [1.54, 1.807) is 12.1 Å². The van der Waals surface area contributed by atoms with E-state index in [4.69, 9.17) is 11.6 Å². The van der Waals surface area contributed by atoms with Crippen LogP contribution in [0.4, 0.5) is 5.69 Å². The number of hydrogen-bond donors (Lipinski definition) is 2. The average molecular weight is 375 g/mol. The lowest BCUT2D eigenvalue weighted by Gasteiger charge is -2.55. The third-order valence-electron chi connectivity index (χ3n) is 6.53. The molecule has 1 aromatic rings. The molecule has 5 rings (SSSR count). The van der Waals surface area contributed by atoms with E-state index in [9.17, 15) is 9.59 Å². The molecular weight excluding hydrogens is 348 g/mol. The lowest BCUT2D eigenvalue weighted by atomic mass is 9.49. The molecule has 0 heterocycles. The Morgan fingerprint density at radius 1 is 1.04 bits per heavy atom. The van der Waals surface area contributed by atoms with E-state index in [0.717, 1.165) is 37.0 Å². The monoisotopic (exact) mass is 374 g/mol. The average Bonchev–Trinajstić information content (AvgIpc) is 2.59. The highest BCUT2D eigenvalue weighted by molar-refractivity contribution is 6.33. The van der Waals surface area contributed by atoms with E-state index >= 15 is 0 Å². The van der Waals surface area contributed by atoms with Gasteiger partial charge in [-0.2, -0.15) is 0 Å². The molecule has 4 aliphatic carbocycles. The Bertz CT molecular complexity index is 668. The predicted octanol–water partition coefficient (Wildman–Crippen LogP) is 4.39. The van der Waals surface area contributed by atoms with Gasteiger partial charge >= 0.3 is 0 Å². The first-order chi connectivity index (χ1) is 12.5. The standard InChI is InChI=1S/C21H27ClN2O2/c22-17-4-1-2-5-18(17)24-19(25)6-3-7-23-20(26)21-11-14-8-15(12-21)10-16(9-14)13-21/h1-2,4-5,14-16H,3,6-13H2,(H,23,26)(H,24,25). The smallest absolute Gasteiger partial charge is 0.226 e. The highest BCUT2D eigenvalue weighted by atomic mass is 35.5. The number of anilines is 1. The van der Waals surface area contributed by atoms with Crippen LogP contribution in [0.2, 0.25) is 5.02 Å². The number of nitrogens with one attached hydrogen (secondary N) is 2. The fourth-order valence-electron chi connectivity index (χ4n) is 5.80. The third-order valence-corrected chi connectivity index (χ3v) is 6.86. The van der Waals surface area contributed by atoms with Crippen molar-refractivity contribution in [2.24, 2.45) is 23.2 Å². The van der Waals surface area contributed by atoms with Crippen LogP contribution in [0.1, 0.15) is 51.4 Å². The maximum Gasteiger partial charge on any atom is 0.226 e. The van der Waals surface area contributed by atoms with Crippen molar-refractivity contribution in [3.63, 3.8) is 0 Å². The molecule has 1 aromatic carbocycles. The number of para-hydroxylation sites is 1. The zero-order valence-corrected chi connectivity index (χ0v) is 15.9. The van der Waals surface area contributed by atoms with Gasteiger partial charge in [0.15, 0.2) is 0 Å². The van der Waals surface area contributed by atoms with Crippen molar-refractivity contribution in [2.45, 2.75) is 51.4 Å². The van der Waals surface area contributed by atoms with E-state index in [0.29, 0.717) is 30.1 Å². The zero-order valence-electron chi connectivity index (χ0n) is 15.1. The van der Waals surface area contributed by atoms with Crippen LogP contribution in [0.5, 0.6) is 0 Å². The Morgan fingerprint density at radius 3 is 2.27 bits per heavy atom. The van der Waals surface area contributed by atoms with Gasteiger partial charge in [0, 0.05) is 18.4 Å². The number of carbonyl (C=O) groups is 2. The van der Waals surface area contributed by atoms with Crippen LogP contribution < -0.4 is 10.6 Å². The van der Waals surface area contributed by atoms with Crippen molar-refractivity contribution < 1.29 is 9.59 Å². The zero-order chi connectivity index (χ0) is 18.1. The topological polar surface area (TPSA) is 58.2 Å². The van der Waals surface area contributed by atoms with Crippen LogP contribution in [-0.2, 0) is 9.59 Å². The van der Waals surface area contributed by atoms with Crippen LogP contribution in [-0.4, -0.2) is 18.4 Å². The highest BCUT2D eigenvalue weighted by Crippen LogP contribution is 2.60. The Hall–Kier alpha value is -1.55. The predicted molar refractivity (Wildman–Crippen MR) is 103 cm³/mol. The number of carbonyl (C=O) groups excluding carboxylic acids is 2. The van der Waals surface area contributed by atoms with Crippen LogP contribution in [0, 0.1) is 23.2 Å². The maximum atomic E-state index is 12.8. The minimum Gasteiger partial charge on any atom is -0.356 e. The van der Waals surface area contributed by atoms with Gasteiger partial charge in [0.25, 0.3) is 0 Å². The molecule has 2 amide bonds. The number of hydrogen-bond acceptors (Lipinski definition) is 2. The molecule has 0 aromatic heterocycles. The molecule has 140 valence electrons. The first-order valence-electron chi connectivity index (χ1n) is 9.87. The molecule has 0 saturated heterocycles. The minimum absolute atomic E-state index is 0.0675. The van der Waals surface area contributed by atoms with E-state index in [2.05, 4.69) is 10.6 Å². The summed E-state index contributed by atoms with van der Waals surface area (Å²) >= 11 is 6.05. The fourth-order valence-corrected chi connectivity index (χ4v) is 5.99. The van der Waals surface area contributed by atoms with Crippen molar-refractivity contribution in [1.82, 2.24) is 5.32 Å². The molecule has 0 atom stereocenters. The molecule has 5 heteroatoms. The molecule has 4 fully saturated rings. The van der Waals surface area contributed by atoms with Crippen molar-refractivity contribution in [1.29, 1.82) is 0 Å². The van der Waals surface area contributed by atoms with Gasteiger partial charge in [0.2, 0.25) is 11.8 Å². The van der Waals surface area contributed by atoms with Gasteiger partial charge in [0.1, 0.15) is 0 Å². The second-order valence-corrected chi connectivity index (χ2v) is 8.99. The van der Waals surface area contributed by atoms with E-state index in [1.807, 2.05) is 12.1 Å². The summed E-state index contributed by atoms with van der Waals surface area (Å²) in [7, 11) is 0. The van der Waals surface area contributed by atoms with Crippen LogP contribution >= 0.6 is 11.6 Å². The largest absolute Gasteiger partial charge is 0.356 e. The molecule has 0 radical (unpaired) electrons. The molecule has 4 bridgehead atoms. The van der Waals surface area contributed by atoms with Gasteiger partial charge in [-0.25, -0.2) is 0 Å². The van der Waals surface area contributed by atoms with Gasteiger partial charge in [-0.1, -0.05) is 23.7 Å². The SMILES string of the molecule is O=C(CCCNC(=O)C12CC3CC(CC(C3)C1)C2)Nc1ccccc1Cl.